The summed E-state index contributed by atoms with van der Waals surface area (Å²) in [4.78, 5) is 16.6. The summed E-state index contributed by atoms with van der Waals surface area (Å²) >= 11 is 0. The van der Waals surface area contributed by atoms with E-state index in [0.29, 0.717) is 85.3 Å². The number of nitrogens with one attached hydrogen (secondary N) is 2. The van der Waals surface area contributed by atoms with Gasteiger partial charge in [-0.1, -0.05) is 73.6 Å². The van der Waals surface area contributed by atoms with E-state index in [2.05, 4.69) is 9.97 Å². The van der Waals surface area contributed by atoms with Crippen molar-refractivity contribution in [3.8, 4) is 11.4 Å². The maximum Gasteiger partial charge on any atom is 0.796 e. The molecule has 0 fully saturated rings. The fraction of sp³-hybridized carbons (Fsp3) is 0.364. The van der Waals surface area contributed by atoms with Crippen LogP contribution in [0.3, 0.4) is 0 Å². The SMILES string of the molecule is CCC1=C(CC)C2=C(O)C=C(OB(F)F)c3[nH]c(c(CC)c3CC)-c3[nH]c(c(CC)c3CC)C(OB(F)F)=CC(O)=C3N=C(C(CC)=C3CC)c3cccc(c3)C1=N2. The van der Waals surface area contributed by atoms with Gasteiger partial charge in [-0.2, -0.15) is 0 Å². The van der Waals surface area contributed by atoms with Crippen molar-refractivity contribution in [2.75, 3.05) is 0 Å². The van der Waals surface area contributed by atoms with E-state index < -0.39 is 14.9 Å². The van der Waals surface area contributed by atoms with Gasteiger partial charge in [0.1, 0.15) is 34.4 Å². The summed E-state index contributed by atoms with van der Waals surface area (Å²) in [5, 5.41) is 23.7. The zero-order valence-corrected chi connectivity index (χ0v) is 34.4. The minimum atomic E-state index is -3.22. The van der Waals surface area contributed by atoms with Crippen molar-refractivity contribution in [1.82, 2.24) is 9.97 Å². The van der Waals surface area contributed by atoms with Gasteiger partial charge in [-0.15, -0.1) is 0 Å². The zero-order valence-electron chi connectivity index (χ0n) is 34.4. The van der Waals surface area contributed by atoms with Crippen LogP contribution in [0, 0.1) is 0 Å². The number of fused-ring (bicyclic) bond motifs is 11. The van der Waals surface area contributed by atoms with Crippen molar-refractivity contribution in [2.45, 2.75) is 107 Å². The summed E-state index contributed by atoms with van der Waals surface area (Å²) in [6.45, 7) is 15.6. The lowest BCUT2D eigenvalue weighted by molar-refractivity contribution is 0.386. The molecule has 0 amide bonds. The number of rotatable bonds is 12. The highest BCUT2D eigenvalue weighted by molar-refractivity contribution is 6.36. The number of hydrogen-bond acceptors (Lipinski definition) is 6. The van der Waals surface area contributed by atoms with Crippen molar-refractivity contribution in [2.24, 2.45) is 9.98 Å². The summed E-state index contributed by atoms with van der Waals surface area (Å²) in [6.07, 6.45) is 6.40. The van der Waals surface area contributed by atoms with Crippen LogP contribution >= 0.6 is 0 Å². The summed E-state index contributed by atoms with van der Waals surface area (Å²) in [5.74, 6) is -1.21. The van der Waals surface area contributed by atoms with Crippen molar-refractivity contribution in [1.29, 1.82) is 0 Å². The molecule has 0 unspecified atom stereocenters. The molecule has 6 rings (SSSR count). The van der Waals surface area contributed by atoms with E-state index in [9.17, 15) is 27.5 Å². The normalized spacial score (nSPS) is 15.7. The summed E-state index contributed by atoms with van der Waals surface area (Å²) in [7, 11) is -6.44. The van der Waals surface area contributed by atoms with Gasteiger partial charge in [0.05, 0.1) is 34.2 Å². The van der Waals surface area contributed by atoms with Crippen LogP contribution in [0.5, 0.6) is 0 Å². The van der Waals surface area contributed by atoms with E-state index in [-0.39, 0.29) is 45.8 Å². The van der Waals surface area contributed by atoms with Gasteiger partial charge in [0, 0.05) is 23.3 Å². The second-order valence-corrected chi connectivity index (χ2v) is 14.2. The van der Waals surface area contributed by atoms with Gasteiger partial charge in [-0.25, -0.2) is 27.2 Å². The first-order valence-corrected chi connectivity index (χ1v) is 20.3. The molecule has 14 heteroatoms. The third-order valence-electron chi connectivity index (χ3n) is 11.2. The number of aromatic nitrogens is 2. The first-order valence-electron chi connectivity index (χ1n) is 20.3. The molecule has 8 nitrogen and oxygen atoms in total. The fourth-order valence-electron chi connectivity index (χ4n) is 8.77. The maximum absolute atomic E-state index is 14.3. The van der Waals surface area contributed by atoms with Gasteiger partial charge >= 0.3 is 14.9 Å². The van der Waals surface area contributed by atoms with Crippen molar-refractivity contribution >= 4 is 37.9 Å². The first kappa shape index (κ1) is 42.2. The molecule has 2 aromatic heterocycles. The molecule has 304 valence electrons. The Balaban J connectivity index is 1.79. The minimum absolute atomic E-state index is 0.249. The average Bonchev–Trinajstić information content (AvgIpc) is 3.98. The molecule has 5 heterocycles. The van der Waals surface area contributed by atoms with E-state index in [4.69, 9.17) is 19.3 Å². The lowest BCUT2D eigenvalue weighted by Crippen LogP contribution is -2.07. The molecular formula is C44H50B2F4N4O4. The smallest absolute Gasteiger partial charge is 0.506 e. The highest BCUT2D eigenvalue weighted by Gasteiger charge is 2.33. The molecule has 1 aromatic carbocycles. The standard InChI is InChI=1S/C44H50B2F4N4O4/c1-9-25-27(11-3)39-33(55)21-35(57-45(47)48)41-29(13-5)31(15-7)43(53-41)44-32(16-8)30(14-6)42(54-44)36(58-46(49)50)22-34(56)40-28(12-4)26(10-2)38(52-40)24-19-17-18-23(20-24)37(25)51-39/h17-22,53-56H,9-16H2,1-8H3. The van der Waals surface area contributed by atoms with Crippen molar-refractivity contribution < 1.29 is 36.8 Å². The van der Waals surface area contributed by atoms with Crippen molar-refractivity contribution in [3.05, 3.63) is 126 Å². The van der Waals surface area contributed by atoms with E-state index in [1.807, 2.05) is 79.7 Å². The van der Waals surface area contributed by atoms with Crippen LogP contribution in [0.4, 0.5) is 17.3 Å². The second-order valence-electron chi connectivity index (χ2n) is 14.2. The molecule has 3 aliphatic rings. The Morgan fingerprint density at radius 2 is 0.862 bits per heavy atom. The number of nitrogens with zero attached hydrogens (tertiary/aromatic N) is 2. The molecule has 0 saturated heterocycles. The summed E-state index contributed by atoms with van der Waals surface area (Å²) in [6, 6.07) is 7.67. The largest absolute Gasteiger partial charge is 0.796 e. The number of allylic oxidation sites excluding steroid dienone is 6. The number of aliphatic hydroxyl groups excluding tert-OH is 2. The third-order valence-corrected chi connectivity index (χ3v) is 11.2. The summed E-state index contributed by atoms with van der Waals surface area (Å²) < 4.78 is 67.6. The predicted octanol–water partition coefficient (Wildman–Crippen LogP) is 11.9. The number of aliphatic hydroxyl groups is 2. The molecule has 0 atom stereocenters. The number of halogens is 4. The Morgan fingerprint density at radius 1 is 0.517 bits per heavy atom. The van der Waals surface area contributed by atoms with Crippen LogP contribution in [0.2, 0.25) is 0 Å². The van der Waals surface area contributed by atoms with Crippen molar-refractivity contribution in [3.63, 3.8) is 0 Å². The zero-order chi connectivity index (χ0) is 42.0. The van der Waals surface area contributed by atoms with Crippen LogP contribution in [-0.2, 0) is 35.0 Å². The number of hydrogen-bond donors (Lipinski definition) is 4. The lowest BCUT2D eigenvalue weighted by atomic mass is 9.92. The van der Waals surface area contributed by atoms with E-state index in [1.54, 1.807) is 0 Å². The molecule has 58 heavy (non-hydrogen) atoms. The Bertz CT molecular complexity index is 2220. The van der Waals surface area contributed by atoms with E-state index in [1.165, 1.54) is 12.2 Å². The van der Waals surface area contributed by atoms with Gasteiger partial charge in [0.2, 0.25) is 0 Å². The maximum atomic E-state index is 14.3. The number of aliphatic imine (C=N–C) groups is 2. The lowest BCUT2D eigenvalue weighted by Gasteiger charge is -2.11. The number of H-pyrrole nitrogens is 2. The average molecular weight is 797 g/mol. The quantitative estimate of drug-likeness (QED) is 0.108. The summed E-state index contributed by atoms with van der Waals surface area (Å²) in [5.41, 5.74) is 11.3. The van der Waals surface area contributed by atoms with Gasteiger partial charge in [0.25, 0.3) is 0 Å². The topological polar surface area (TPSA) is 115 Å². The molecule has 3 aliphatic heterocycles. The minimum Gasteiger partial charge on any atom is -0.506 e. The highest BCUT2D eigenvalue weighted by Crippen LogP contribution is 2.42. The molecule has 0 radical (unpaired) electrons. The molecule has 4 N–H and O–H groups in total. The van der Waals surface area contributed by atoms with Crippen LogP contribution < -0.4 is 0 Å². The van der Waals surface area contributed by atoms with Crippen LogP contribution in [0.1, 0.15) is 126 Å². The van der Waals surface area contributed by atoms with Gasteiger partial charge < -0.3 is 29.5 Å². The van der Waals surface area contributed by atoms with Crippen LogP contribution in [0.15, 0.2) is 91.6 Å². The second kappa shape index (κ2) is 17.6. The molecule has 0 saturated carbocycles. The van der Waals surface area contributed by atoms with E-state index >= 15 is 0 Å². The van der Waals surface area contributed by atoms with Gasteiger partial charge in [-0.05, 0) is 102 Å². The van der Waals surface area contributed by atoms with Gasteiger partial charge in [0.15, 0.2) is 0 Å². The molecule has 0 spiro atoms. The Morgan fingerprint density at radius 3 is 1.17 bits per heavy atom. The van der Waals surface area contributed by atoms with Crippen LogP contribution in [-0.4, -0.2) is 46.5 Å². The third kappa shape index (κ3) is 7.53. The van der Waals surface area contributed by atoms with Crippen LogP contribution in [0.25, 0.3) is 22.9 Å². The predicted molar refractivity (Wildman–Crippen MR) is 226 cm³/mol. The fourth-order valence-corrected chi connectivity index (χ4v) is 8.77. The molecular weight excluding hydrogens is 746 g/mol. The Labute approximate surface area is 338 Å². The molecule has 10 bridgehead atoms. The monoisotopic (exact) mass is 796 g/mol. The van der Waals surface area contributed by atoms with E-state index in [0.717, 1.165) is 44.5 Å². The molecule has 3 aromatic rings. The Kier molecular flexibility index (Phi) is 12.8. The number of aromatic amines is 2. The number of benzene rings is 1. The van der Waals surface area contributed by atoms with Gasteiger partial charge in [-0.3, -0.25) is 0 Å². The highest BCUT2D eigenvalue weighted by atomic mass is 19.2. The Hall–Kier alpha value is -5.39. The first-order chi connectivity index (χ1) is 27.9. The molecule has 0 aliphatic carbocycles.